The molecule has 5 rings (SSSR count). The Kier molecular flexibility index (Phi) is 5.34. The van der Waals surface area contributed by atoms with Crippen molar-refractivity contribution in [1.29, 1.82) is 0 Å². The summed E-state index contributed by atoms with van der Waals surface area (Å²) >= 11 is 0. The largest absolute Gasteiger partial charge is 0.471 e. The third-order valence-electron chi connectivity index (χ3n) is 5.69. The molecule has 0 amide bonds. The average molecular weight is 439 g/mol. The number of benzene rings is 2. The molecule has 1 unspecified atom stereocenters. The molecule has 164 valence electrons. The van der Waals surface area contributed by atoms with E-state index < -0.39 is 0 Å². The number of ether oxygens (including phenoxy) is 1. The molecule has 2 aromatic carbocycles. The first kappa shape index (κ1) is 20.8. The molecular formula is C27H22FN3O2. The fourth-order valence-corrected chi connectivity index (χ4v) is 3.86. The second-order valence-corrected chi connectivity index (χ2v) is 8.19. The topological polar surface area (TPSA) is 57.0 Å². The minimum absolute atomic E-state index is 0.0956. The van der Waals surface area contributed by atoms with Crippen LogP contribution in [0.4, 0.5) is 4.39 Å². The van der Waals surface area contributed by atoms with E-state index in [-0.39, 0.29) is 17.5 Å². The van der Waals surface area contributed by atoms with Crippen LogP contribution in [0.1, 0.15) is 18.1 Å². The minimum atomic E-state index is -0.267. The van der Waals surface area contributed by atoms with Crippen molar-refractivity contribution >= 4 is 22.3 Å². The lowest BCUT2D eigenvalue weighted by Gasteiger charge is -2.12. The first-order valence-corrected chi connectivity index (χ1v) is 10.7. The van der Waals surface area contributed by atoms with Crippen LogP contribution in [0.15, 0.2) is 79.0 Å². The molecule has 2 aromatic heterocycles. The molecule has 5 nitrogen and oxygen atoms in total. The van der Waals surface area contributed by atoms with Crippen molar-refractivity contribution in [1.82, 2.24) is 14.8 Å². The van der Waals surface area contributed by atoms with Gasteiger partial charge in [-0.2, -0.15) is 0 Å². The minimum Gasteiger partial charge on any atom is -0.471 e. The van der Waals surface area contributed by atoms with Crippen LogP contribution in [0.25, 0.3) is 27.7 Å². The fraction of sp³-hybridized carbons (Fsp3) is 0.148. The molecule has 0 aliphatic heterocycles. The zero-order valence-electron chi connectivity index (χ0n) is 18.3. The highest BCUT2D eigenvalue weighted by Gasteiger charge is 2.18. The lowest BCUT2D eigenvalue weighted by molar-refractivity contribution is -0.116. The van der Waals surface area contributed by atoms with Crippen molar-refractivity contribution in [2.24, 2.45) is 13.0 Å². The number of ketones is 1. The Labute approximate surface area is 190 Å². The number of rotatable bonds is 5. The number of aryl methyl sites for hydroxylation is 1. The number of halogens is 1. The zero-order chi connectivity index (χ0) is 22.9. The first-order chi connectivity index (χ1) is 16.0. The predicted molar refractivity (Wildman–Crippen MR) is 126 cm³/mol. The molecule has 0 N–H and O–H groups in total. The van der Waals surface area contributed by atoms with Gasteiger partial charge in [-0.15, -0.1) is 5.10 Å². The number of hydrogen-bond acceptors (Lipinski definition) is 4. The summed E-state index contributed by atoms with van der Waals surface area (Å²) in [5.74, 6) is 0.199. The van der Waals surface area contributed by atoms with E-state index in [2.05, 4.69) is 10.1 Å². The van der Waals surface area contributed by atoms with Crippen molar-refractivity contribution in [2.75, 3.05) is 0 Å². The van der Waals surface area contributed by atoms with Gasteiger partial charge in [0, 0.05) is 30.1 Å². The van der Waals surface area contributed by atoms with Gasteiger partial charge < -0.3 is 4.74 Å². The predicted octanol–water partition coefficient (Wildman–Crippen LogP) is 5.51. The normalized spacial score (nSPS) is 15.7. The van der Waals surface area contributed by atoms with Gasteiger partial charge >= 0.3 is 0 Å². The number of pyridine rings is 1. The highest BCUT2D eigenvalue weighted by molar-refractivity contribution is 5.99. The number of carbonyl (C=O) groups is 1. The molecular weight excluding hydrogens is 417 g/mol. The lowest BCUT2D eigenvalue weighted by atomic mass is 9.94. The number of carbonyl (C=O) groups excluding carboxylic acids is 1. The Hall–Kier alpha value is -4.06. The molecule has 1 aliphatic carbocycles. The molecule has 2 heterocycles. The van der Waals surface area contributed by atoms with Gasteiger partial charge in [0.2, 0.25) is 5.88 Å². The molecule has 4 aromatic rings. The molecule has 0 saturated heterocycles. The van der Waals surface area contributed by atoms with E-state index in [0.29, 0.717) is 12.5 Å². The van der Waals surface area contributed by atoms with Crippen molar-refractivity contribution in [3.8, 4) is 17.1 Å². The van der Waals surface area contributed by atoms with Crippen LogP contribution >= 0.6 is 0 Å². The lowest BCUT2D eigenvalue weighted by Crippen LogP contribution is -2.09. The van der Waals surface area contributed by atoms with Gasteiger partial charge in [0.05, 0.1) is 16.8 Å². The molecule has 1 aliphatic rings. The molecule has 1 atom stereocenters. The van der Waals surface area contributed by atoms with Crippen molar-refractivity contribution in [3.63, 3.8) is 0 Å². The van der Waals surface area contributed by atoms with E-state index in [9.17, 15) is 9.18 Å². The van der Waals surface area contributed by atoms with Crippen molar-refractivity contribution < 1.29 is 13.9 Å². The highest BCUT2D eigenvalue weighted by atomic mass is 19.1. The van der Waals surface area contributed by atoms with Gasteiger partial charge in [-0.25, -0.2) is 9.37 Å². The van der Waals surface area contributed by atoms with E-state index in [1.807, 2.05) is 68.7 Å². The van der Waals surface area contributed by atoms with Gasteiger partial charge in [-0.1, -0.05) is 49.4 Å². The van der Waals surface area contributed by atoms with Gasteiger partial charge in [-0.05, 0) is 41.5 Å². The number of aromatic nitrogens is 3. The van der Waals surface area contributed by atoms with E-state index in [0.717, 1.165) is 38.9 Å². The maximum absolute atomic E-state index is 13.4. The Morgan fingerprint density at radius 2 is 1.88 bits per heavy atom. The summed E-state index contributed by atoms with van der Waals surface area (Å²) in [7, 11) is 1.85. The second kappa shape index (κ2) is 8.47. The van der Waals surface area contributed by atoms with Crippen LogP contribution in [-0.2, 0) is 18.4 Å². The van der Waals surface area contributed by atoms with E-state index in [1.54, 1.807) is 16.8 Å². The Morgan fingerprint density at radius 1 is 1.06 bits per heavy atom. The zero-order valence-corrected chi connectivity index (χ0v) is 18.3. The summed E-state index contributed by atoms with van der Waals surface area (Å²) < 4.78 is 21.1. The molecule has 33 heavy (non-hydrogen) atoms. The number of fused-ring (bicyclic) bond motifs is 1. The van der Waals surface area contributed by atoms with Crippen LogP contribution in [0, 0.1) is 11.7 Å². The van der Waals surface area contributed by atoms with Gasteiger partial charge in [-0.3, -0.25) is 9.48 Å². The van der Waals surface area contributed by atoms with E-state index >= 15 is 0 Å². The first-order valence-electron chi connectivity index (χ1n) is 10.7. The summed E-state index contributed by atoms with van der Waals surface area (Å²) in [6.45, 7) is 2.24. The third-order valence-corrected chi connectivity index (χ3v) is 5.69. The van der Waals surface area contributed by atoms with E-state index in [4.69, 9.17) is 4.74 Å². The van der Waals surface area contributed by atoms with Crippen molar-refractivity contribution in [3.05, 3.63) is 96.0 Å². The van der Waals surface area contributed by atoms with E-state index in [1.165, 1.54) is 12.1 Å². The summed E-state index contributed by atoms with van der Waals surface area (Å²) in [5, 5.41) is 5.22. The van der Waals surface area contributed by atoms with Gasteiger partial charge in [0.1, 0.15) is 12.4 Å². The van der Waals surface area contributed by atoms with Crippen LogP contribution in [0.3, 0.4) is 0 Å². The summed E-state index contributed by atoms with van der Waals surface area (Å²) in [6.07, 6.45) is 7.25. The Morgan fingerprint density at radius 3 is 2.67 bits per heavy atom. The molecule has 6 heteroatoms. The number of allylic oxidation sites excluding steroid dienone is 4. The average Bonchev–Trinajstić information content (AvgIpc) is 3.20. The Balaban J connectivity index is 1.32. The maximum Gasteiger partial charge on any atom is 0.241 e. The van der Waals surface area contributed by atoms with Crippen LogP contribution < -0.4 is 4.74 Å². The molecule has 0 saturated carbocycles. The quantitative estimate of drug-likeness (QED) is 0.411. The van der Waals surface area contributed by atoms with Crippen LogP contribution in [0.5, 0.6) is 5.88 Å². The molecule has 0 radical (unpaired) electrons. The molecule has 0 bridgehead atoms. The number of hydrogen-bond donors (Lipinski definition) is 0. The highest BCUT2D eigenvalue weighted by Crippen LogP contribution is 2.30. The monoisotopic (exact) mass is 439 g/mol. The Bertz CT molecular complexity index is 1420. The summed E-state index contributed by atoms with van der Waals surface area (Å²) in [5.41, 5.74) is 5.35. The smallest absolute Gasteiger partial charge is 0.241 e. The van der Waals surface area contributed by atoms with Crippen LogP contribution in [0.2, 0.25) is 0 Å². The van der Waals surface area contributed by atoms with Crippen molar-refractivity contribution in [2.45, 2.75) is 13.5 Å². The van der Waals surface area contributed by atoms with Gasteiger partial charge in [0.15, 0.2) is 5.78 Å². The summed E-state index contributed by atoms with van der Waals surface area (Å²) in [6, 6.07) is 16.3. The maximum atomic E-state index is 13.4. The summed E-state index contributed by atoms with van der Waals surface area (Å²) in [4.78, 5) is 16.4. The molecule has 0 spiro atoms. The van der Waals surface area contributed by atoms with Crippen LogP contribution in [-0.4, -0.2) is 20.5 Å². The number of nitrogens with zero attached hydrogens (tertiary/aromatic N) is 3. The molecule has 0 fully saturated rings. The van der Waals surface area contributed by atoms with Gasteiger partial charge in [0.25, 0.3) is 0 Å². The fourth-order valence-electron chi connectivity index (χ4n) is 3.86. The standard InChI is InChI=1S/C27H22FN3O2/c1-17-13-20(8-12-26(17)32)23-15-31(2)30-27(23)33-16-18-3-5-19(6-4-18)24-10-7-21-14-22(28)9-11-25(21)29-24/h3-15,17H,16H2,1-2H3. The third kappa shape index (κ3) is 4.32. The SMILES string of the molecule is CC1C=C(c2cn(C)nc2OCc2ccc(-c3ccc4cc(F)ccc4n3)cc2)C=CC1=O. The second-order valence-electron chi connectivity index (χ2n) is 8.19.